The van der Waals surface area contributed by atoms with E-state index in [1.165, 1.54) is 16.9 Å². The highest BCUT2D eigenvalue weighted by atomic mass is 79.9. The van der Waals surface area contributed by atoms with Gasteiger partial charge in [0.15, 0.2) is 0 Å². The number of benzene rings is 2. The second kappa shape index (κ2) is 6.41. The van der Waals surface area contributed by atoms with Gasteiger partial charge in [0, 0.05) is 14.6 Å². The summed E-state index contributed by atoms with van der Waals surface area (Å²) in [5.74, 6) is -0.184. The number of halogens is 2. The van der Waals surface area contributed by atoms with E-state index < -0.39 is 0 Å². The lowest BCUT2D eigenvalue weighted by atomic mass is 10.1. The Balaban J connectivity index is 1.92. The molecule has 0 fully saturated rings. The second-order valence-corrected chi connectivity index (χ2v) is 7.15. The van der Waals surface area contributed by atoms with E-state index in [2.05, 4.69) is 28.2 Å². The summed E-state index contributed by atoms with van der Waals surface area (Å²) in [6, 6.07) is 13.7. The first-order valence-corrected chi connectivity index (χ1v) is 8.85. The number of aryl methyl sites for hydroxylation is 1. The van der Waals surface area contributed by atoms with Crippen LogP contribution in [0.1, 0.15) is 22.2 Å². The minimum absolute atomic E-state index is 0.184. The van der Waals surface area contributed by atoms with Gasteiger partial charge in [-0.1, -0.05) is 42.8 Å². The minimum Gasteiger partial charge on any atom is -0.320 e. The van der Waals surface area contributed by atoms with E-state index >= 15 is 0 Å². The molecule has 0 saturated carbocycles. The number of amides is 1. The van der Waals surface area contributed by atoms with Gasteiger partial charge in [-0.2, -0.15) is 0 Å². The Morgan fingerprint density at radius 3 is 2.73 bits per heavy atom. The van der Waals surface area contributed by atoms with Gasteiger partial charge in [-0.25, -0.2) is 0 Å². The van der Waals surface area contributed by atoms with Crippen LogP contribution in [0.2, 0.25) is 5.02 Å². The number of carbonyl (C=O) groups excluding carboxylic acids is 1. The fourth-order valence-electron chi connectivity index (χ4n) is 2.22. The maximum absolute atomic E-state index is 12.5. The molecule has 2 aromatic carbocycles. The molecule has 0 atom stereocenters. The third kappa shape index (κ3) is 2.91. The Morgan fingerprint density at radius 1 is 1.27 bits per heavy atom. The van der Waals surface area contributed by atoms with Gasteiger partial charge < -0.3 is 5.32 Å². The summed E-state index contributed by atoms with van der Waals surface area (Å²) in [6.07, 6.45) is 0.953. The van der Waals surface area contributed by atoms with Crippen LogP contribution in [0.4, 0.5) is 5.69 Å². The van der Waals surface area contributed by atoms with E-state index in [1.807, 2.05) is 42.5 Å². The molecule has 0 aliphatic carbocycles. The summed E-state index contributed by atoms with van der Waals surface area (Å²) >= 11 is 11.2. The first-order chi connectivity index (χ1) is 10.6. The van der Waals surface area contributed by atoms with Gasteiger partial charge >= 0.3 is 0 Å². The molecule has 3 rings (SSSR count). The minimum atomic E-state index is -0.184. The molecule has 0 unspecified atom stereocenters. The fraction of sp³-hybridized carbons (Fsp3) is 0.118. The van der Waals surface area contributed by atoms with Crippen molar-refractivity contribution in [2.45, 2.75) is 13.3 Å². The first-order valence-electron chi connectivity index (χ1n) is 6.87. The number of nitrogens with one attached hydrogen (secondary N) is 1. The van der Waals surface area contributed by atoms with E-state index in [-0.39, 0.29) is 5.91 Å². The summed E-state index contributed by atoms with van der Waals surface area (Å²) < 4.78 is 1.88. The smallest absolute Gasteiger partial charge is 0.267 e. The molecule has 0 aliphatic rings. The number of thiophene rings is 1. The maximum atomic E-state index is 12.5. The molecule has 2 nitrogen and oxygen atoms in total. The number of carbonyl (C=O) groups is 1. The Kier molecular flexibility index (Phi) is 4.52. The zero-order valence-corrected chi connectivity index (χ0v) is 15.0. The summed E-state index contributed by atoms with van der Waals surface area (Å²) in [6.45, 7) is 2.09. The van der Waals surface area contributed by atoms with Gasteiger partial charge in [0.25, 0.3) is 5.91 Å². The molecule has 112 valence electrons. The molecular weight excluding hydrogens is 382 g/mol. The standard InChI is InChI=1S/C17H13BrClNOS/c1-2-10-7-8-13(12(18)9-10)20-17(21)16-15(19)11-5-3-4-6-14(11)22-16/h3-9H,2H2,1H3,(H,20,21). The molecule has 1 heterocycles. The van der Waals surface area contributed by atoms with Gasteiger partial charge in [0.1, 0.15) is 4.88 Å². The van der Waals surface area contributed by atoms with E-state index in [1.54, 1.807) is 0 Å². The Hall–Kier alpha value is -1.36. The number of hydrogen-bond acceptors (Lipinski definition) is 2. The zero-order chi connectivity index (χ0) is 15.7. The van der Waals surface area contributed by atoms with Crippen molar-refractivity contribution in [2.75, 3.05) is 5.32 Å². The highest BCUT2D eigenvalue weighted by Crippen LogP contribution is 2.36. The van der Waals surface area contributed by atoms with Crippen molar-refractivity contribution in [1.82, 2.24) is 0 Å². The van der Waals surface area contributed by atoms with Crippen molar-refractivity contribution in [1.29, 1.82) is 0 Å². The topological polar surface area (TPSA) is 29.1 Å². The van der Waals surface area contributed by atoms with Gasteiger partial charge in [-0.05, 0) is 46.1 Å². The van der Waals surface area contributed by atoms with Crippen molar-refractivity contribution in [3.63, 3.8) is 0 Å². The number of anilines is 1. The largest absolute Gasteiger partial charge is 0.320 e. The van der Waals surface area contributed by atoms with E-state index in [9.17, 15) is 4.79 Å². The van der Waals surface area contributed by atoms with Crippen LogP contribution in [0.5, 0.6) is 0 Å². The second-order valence-electron chi connectivity index (χ2n) is 4.86. The van der Waals surface area contributed by atoms with E-state index in [4.69, 9.17) is 11.6 Å². The lowest BCUT2D eigenvalue weighted by Crippen LogP contribution is -2.11. The number of hydrogen-bond donors (Lipinski definition) is 1. The molecule has 3 aromatic rings. The fourth-order valence-corrected chi connectivity index (χ4v) is 4.16. The highest BCUT2D eigenvalue weighted by Gasteiger charge is 2.17. The monoisotopic (exact) mass is 393 g/mol. The van der Waals surface area contributed by atoms with Crippen molar-refractivity contribution < 1.29 is 4.79 Å². The number of rotatable bonds is 3. The van der Waals surface area contributed by atoms with Gasteiger partial charge in [-0.15, -0.1) is 11.3 Å². The van der Waals surface area contributed by atoms with Gasteiger partial charge in [0.2, 0.25) is 0 Å². The normalized spacial score (nSPS) is 10.9. The lowest BCUT2D eigenvalue weighted by Gasteiger charge is -2.08. The molecule has 0 radical (unpaired) electrons. The SMILES string of the molecule is CCc1ccc(NC(=O)c2sc3ccccc3c2Cl)c(Br)c1. The van der Waals surface area contributed by atoms with Crippen LogP contribution in [0.3, 0.4) is 0 Å². The van der Waals surface area contributed by atoms with Crippen LogP contribution in [0, 0.1) is 0 Å². The molecule has 1 amide bonds. The lowest BCUT2D eigenvalue weighted by molar-refractivity contribution is 0.103. The maximum Gasteiger partial charge on any atom is 0.267 e. The summed E-state index contributed by atoms with van der Waals surface area (Å²) in [7, 11) is 0. The van der Waals surface area contributed by atoms with Gasteiger partial charge in [-0.3, -0.25) is 4.79 Å². The quantitative estimate of drug-likeness (QED) is 0.568. The Labute approximate surface area is 146 Å². The summed E-state index contributed by atoms with van der Waals surface area (Å²) in [4.78, 5) is 13.0. The third-order valence-corrected chi connectivity index (χ3v) is 5.76. The van der Waals surface area contributed by atoms with Gasteiger partial charge in [0.05, 0.1) is 10.7 Å². The molecule has 1 aromatic heterocycles. The molecule has 0 saturated heterocycles. The summed E-state index contributed by atoms with van der Waals surface area (Å²) in [5, 5.41) is 4.35. The predicted octanol–water partition coefficient (Wildman–Crippen LogP) is 6.13. The van der Waals surface area contributed by atoms with Crippen LogP contribution in [0.25, 0.3) is 10.1 Å². The average molecular weight is 395 g/mol. The van der Waals surface area contributed by atoms with E-state index in [0.717, 1.165) is 26.7 Å². The van der Waals surface area contributed by atoms with Crippen molar-refractivity contribution in [2.24, 2.45) is 0 Å². The third-order valence-electron chi connectivity index (χ3n) is 3.43. The molecule has 22 heavy (non-hydrogen) atoms. The molecule has 1 N–H and O–H groups in total. The molecule has 0 aliphatic heterocycles. The average Bonchev–Trinajstić information content (AvgIpc) is 2.87. The van der Waals surface area contributed by atoms with Crippen molar-refractivity contribution in [3.8, 4) is 0 Å². The van der Waals surface area contributed by atoms with Crippen LogP contribution >= 0.6 is 38.9 Å². The summed E-state index contributed by atoms with van der Waals surface area (Å²) in [5.41, 5.74) is 1.96. The number of fused-ring (bicyclic) bond motifs is 1. The van der Waals surface area contributed by atoms with Crippen LogP contribution < -0.4 is 5.32 Å². The van der Waals surface area contributed by atoms with Crippen molar-refractivity contribution >= 4 is 60.5 Å². The van der Waals surface area contributed by atoms with Crippen LogP contribution in [-0.4, -0.2) is 5.91 Å². The van der Waals surface area contributed by atoms with E-state index in [0.29, 0.717) is 9.90 Å². The van der Waals surface area contributed by atoms with Crippen LogP contribution in [0.15, 0.2) is 46.9 Å². The Morgan fingerprint density at radius 2 is 2.05 bits per heavy atom. The van der Waals surface area contributed by atoms with Crippen LogP contribution in [-0.2, 0) is 6.42 Å². The zero-order valence-electron chi connectivity index (χ0n) is 11.8. The molecular formula is C17H13BrClNOS. The molecule has 0 spiro atoms. The molecule has 0 bridgehead atoms. The first kappa shape index (κ1) is 15.5. The molecule has 5 heteroatoms. The predicted molar refractivity (Wildman–Crippen MR) is 98.3 cm³/mol. The Bertz CT molecular complexity index is 859. The highest BCUT2D eigenvalue weighted by molar-refractivity contribution is 9.10. The van der Waals surface area contributed by atoms with Crippen molar-refractivity contribution in [3.05, 3.63) is 62.4 Å².